The van der Waals surface area contributed by atoms with Gasteiger partial charge in [0.05, 0.1) is 6.33 Å². The minimum absolute atomic E-state index is 0.401. The Hall–Kier alpha value is -0.720. The smallest absolute Gasteiger partial charge is 0.0921 e. The van der Waals surface area contributed by atoms with Crippen LogP contribution in [0, 0.1) is 0 Å². The van der Waals surface area contributed by atoms with Crippen LogP contribution in [-0.4, -0.2) is 25.3 Å². The molecule has 1 rings (SSSR count). The lowest BCUT2D eigenvalue weighted by atomic mass is 10.3. The zero-order valence-electron chi connectivity index (χ0n) is 5.74. The van der Waals surface area contributed by atoms with Crippen LogP contribution in [0.3, 0.4) is 0 Å². The third-order valence-electron chi connectivity index (χ3n) is 1.17. The van der Waals surface area contributed by atoms with Crippen LogP contribution in [0.15, 0.2) is 12.5 Å². The monoisotopic (exact) mass is 174 g/mol. The first-order chi connectivity index (χ1) is 5.29. The molecule has 0 amide bonds. The molecule has 1 aromatic rings. The number of aromatic amines is 1. The fourth-order valence-electron chi connectivity index (χ4n) is 0.690. The summed E-state index contributed by atoms with van der Waals surface area (Å²) in [6.45, 7) is 0.401. The first kappa shape index (κ1) is 8.38. The molecule has 0 bridgehead atoms. The SMILES string of the molecule is O=S([O-])NCCc1cnc[nH]1. The van der Waals surface area contributed by atoms with E-state index in [0.29, 0.717) is 13.0 Å². The van der Waals surface area contributed by atoms with E-state index in [4.69, 9.17) is 0 Å². The number of nitrogens with zero attached hydrogens (tertiary/aromatic N) is 1. The lowest BCUT2D eigenvalue weighted by Crippen LogP contribution is -2.19. The number of hydrogen-bond donors (Lipinski definition) is 2. The summed E-state index contributed by atoms with van der Waals surface area (Å²) in [5.74, 6) is 0. The molecule has 1 unspecified atom stereocenters. The first-order valence-electron chi connectivity index (χ1n) is 3.09. The molecule has 0 saturated heterocycles. The maximum atomic E-state index is 9.99. The normalized spacial score (nSPS) is 13.2. The second-order valence-corrected chi connectivity index (χ2v) is 2.71. The van der Waals surface area contributed by atoms with Crippen molar-refractivity contribution in [3.8, 4) is 0 Å². The van der Waals surface area contributed by atoms with Crippen molar-refractivity contribution in [2.75, 3.05) is 6.54 Å². The third-order valence-corrected chi connectivity index (χ3v) is 1.61. The van der Waals surface area contributed by atoms with Gasteiger partial charge < -0.3 is 9.54 Å². The van der Waals surface area contributed by atoms with Crippen LogP contribution < -0.4 is 4.72 Å². The quantitative estimate of drug-likeness (QED) is 0.594. The molecule has 0 aromatic carbocycles. The van der Waals surface area contributed by atoms with Crippen molar-refractivity contribution >= 4 is 11.3 Å². The first-order valence-corrected chi connectivity index (χ1v) is 4.16. The van der Waals surface area contributed by atoms with Gasteiger partial charge >= 0.3 is 0 Å². The van der Waals surface area contributed by atoms with Crippen LogP contribution >= 0.6 is 0 Å². The predicted octanol–water partition coefficient (Wildman–Crippen LogP) is -0.664. The van der Waals surface area contributed by atoms with Crippen LogP contribution in [0.4, 0.5) is 0 Å². The van der Waals surface area contributed by atoms with E-state index < -0.39 is 11.3 Å². The Labute approximate surface area is 66.7 Å². The van der Waals surface area contributed by atoms with Crippen LogP contribution in [0.5, 0.6) is 0 Å². The Kier molecular flexibility index (Phi) is 3.21. The fraction of sp³-hybridized carbons (Fsp3) is 0.400. The van der Waals surface area contributed by atoms with Gasteiger partial charge in [-0.3, -0.25) is 4.21 Å². The van der Waals surface area contributed by atoms with E-state index in [-0.39, 0.29) is 0 Å². The molecule has 0 aliphatic rings. The largest absolute Gasteiger partial charge is 0.760 e. The van der Waals surface area contributed by atoms with Gasteiger partial charge in [-0.2, -0.15) is 0 Å². The highest BCUT2D eigenvalue weighted by atomic mass is 32.2. The summed E-state index contributed by atoms with van der Waals surface area (Å²) in [4.78, 5) is 6.64. The van der Waals surface area contributed by atoms with Crippen LogP contribution in [0.2, 0.25) is 0 Å². The molecule has 6 heteroatoms. The molecule has 1 heterocycles. The Bertz CT molecular complexity index is 224. The second kappa shape index (κ2) is 4.22. The van der Waals surface area contributed by atoms with E-state index in [1.54, 1.807) is 12.5 Å². The average molecular weight is 174 g/mol. The number of hydrogen-bond acceptors (Lipinski definition) is 3. The zero-order chi connectivity index (χ0) is 8.10. The van der Waals surface area contributed by atoms with E-state index in [0.717, 1.165) is 5.69 Å². The van der Waals surface area contributed by atoms with Crippen LogP contribution in [0.1, 0.15) is 5.69 Å². The lowest BCUT2D eigenvalue weighted by Gasteiger charge is -2.04. The van der Waals surface area contributed by atoms with Gasteiger partial charge in [-0.05, 0) is 0 Å². The van der Waals surface area contributed by atoms with Gasteiger partial charge in [-0.1, -0.05) is 0 Å². The molecule has 0 fully saturated rings. The zero-order valence-corrected chi connectivity index (χ0v) is 6.56. The Morgan fingerprint density at radius 3 is 3.18 bits per heavy atom. The van der Waals surface area contributed by atoms with Gasteiger partial charge in [0.15, 0.2) is 0 Å². The van der Waals surface area contributed by atoms with Gasteiger partial charge in [0.2, 0.25) is 0 Å². The average Bonchev–Trinajstić information content (AvgIpc) is 2.39. The maximum absolute atomic E-state index is 9.99. The number of nitrogens with one attached hydrogen (secondary N) is 2. The molecule has 62 valence electrons. The molecule has 11 heavy (non-hydrogen) atoms. The van der Waals surface area contributed by atoms with Crippen molar-refractivity contribution in [3.05, 3.63) is 18.2 Å². The molecule has 2 N–H and O–H groups in total. The molecule has 0 spiro atoms. The summed E-state index contributed by atoms with van der Waals surface area (Å²) in [7, 11) is 0. The Balaban J connectivity index is 2.19. The van der Waals surface area contributed by atoms with Crippen molar-refractivity contribution in [2.45, 2.75) is 6.42 Å². The van der Waals surface area contributed by atoms with Crippen molar-refractivity contribution in [2.24, 2.45) is 0 Å². The predicted molar refractivity (Wildman–Crippen MR) is 39.2 cm³/mol. The molecule has 1 atom stereocenters. The highest BCUT2D eigenvalue weighted by molar-refractivity contribution is 7.77. The van der Waals surface area contributed by atoms with Crippen molar-refractivity contribution in [1.29, 1.82) is 0 Å². The number of imidazole rings is 1. The van der Waals surface area contributed by atoms with Crippen molar-refractivity contribution in [3.63, 3.8) is 0 Å². The summed E-state index contributed by atoms with van der Waals surface area (Å²) in [5, 5.41) is 0. The highest BCUT2D eigenvalue weighted by Gasteiger charge is 1.91. The third kappa shape index (κ3) is 3.26. The molecular weight excluding hydrogens is 166 g/mol. The number of H-pyrrole nitrogens is 1. The summed E-state index contributed by atoms with van der Waals surface area (Å²) >= 11 is -2.16. The van der Waals surface area contributed by atoms with Gasteiger partial charge in [-0.25, -0.2) is 9.71 Å². The number of rotatable bonds is 4. The van der Waals surface area contributed by atoms with E-state index >= 15 is 0 Å². The standard InChI is InChI=1S/C5H9N3O2S/c9-11(10)8-2-1-5-3-6-4-7-5/h3-4,8H,1-2H2,(H,6,7)(H,9,10)/p-1. The maximum Gasteiger partial charge on any atom is 0.0921 e. The van der Waals surface area contributed by atoms with Gasteiger partial charge in [0.25, 0.3) is 0 Å². The van der Waals surface area contributed by atoms with Crippen LogP contribution in [0.25, 0.3) is 0 Å². The molecule has 1 aromatic heterocycles. The van der Waals surface area contributed by atoms with Crippen molar-refractivity contribution in [1.82, 2.24) is 14.7 Å². The molecule has 0 saturated carbocycles. The minimum Gasteiger partial charge on any atom is -0.760 e. The van der Waals surface area contributed by atoms with Crippen molar-refractivity contribution < 1.29 is 8.76 Å². The topological polar surface area (TPSA) is 80.8 Å². The molecular formula is C5H8N3O2S-. The molecule has 0 aliphatic heterocycles. The second-order valence-electron chi connectivity index (χ2n) is 1.96. The molecule has 0 radical (unpaired) electrons. The van der Waals surface area contributed by atoms with E-state index in [2.05, 4.69) is 14.7 Å². The highest BCUT2D eigenvalue weighted by Crippen LogP contribution is 1.89. The summed E-state index contributed by atoms with van der Waals surface area (Å²) in [5.41, 5.74) is 0.919. The summed E-state index contributed by atoms with van der Waals surface area (Å²) < 4.78 is 22.2. The Morgan fingerprint density at radius 1 is 1.82 bits per heavy atom. The Morgan fingerprint density at radius 2 is 2.64 bits per heavy atom. The van der Waals surface area contributed by atoms with Crippen LogP contribution in [-0.2, 0) is 17.7 Å². The van der Waals surface area contributed by atoms with E-state index in [1.165, 1.54) is 0 Å². The minimum atomic E-state index is -2.16. The molecule has 5 nitrogen and oxygen atoms in total. The van der Waals surface area contributed by atoms with Gasteiger partial charge in [0, 0.05) is 36.1 Å². The fourth-order valence-corrected chi connectivity index (χ4v) is 0.959. The van der Waals surface area contributed by atoms with E-state index in [9.17, 15) is 8.76 Å². The number of aromatic nitrogens is 2. The molecule has 0 aliphatic carbocycles. The van der Waals surface area contributed by atoms with E-state index in [1.807, 2.05) is 0 Å². The van der Waals surface area contributed by atoms with Gasteiger partial charge in [-0.15, -0.1) is 0 Å². The summed E-state index contributed by atoms with van der Waals surface area (Å²) in [6, 6.07) is 0. The van der Waals surface area contributed by atoms with Gasteiger partial charge in [0.1, 0.15) is 0 Å². The lowest BCUT2D eigenvalue weighted by molar-refractivity contribution is 0.523. The summed E-state index contributed by atoms with van der Waals surface area (Å²) in [6.07, 6.45) is 3.85.